The summed E-state index contributed by atoms with van der Waals surface area (Å²) in [6.07, 6.45) is 2.43. The number of fused-ring (bicyclic) bond motifs is 2. The van der Waals surface area contributed by atoms with Crippen molar-refractivity contribution in [3.8, 4) is 0 Å². The zero-order chi connectivity index (χ0) is 36.6. The van der Waals surface area contributed by atoms with Crippen LogP contribution in [0.5, 0.6) is 0 Å². The first kappa shape index (κ1) is 38.8. The van der Waals surface area contributed by atoms with Gasteiger partial charge in [0.15, 0.2) is 5.79 Å². The molecule has 274 valence electrons. The average Bonchev–Trinajstić information content (AvgIpc) is 3.60. The molecule has 1 saturated heterocycles. The van der Waals surface area contributed by atoms with E-state index in [2.05, 4.69) is 37.1 Å². The van der Waals surface area contributed by atoms with Gasteiger partial charge >= 0.3 is 12.2 Å². The van der Waals surface area contributed by atoms with Crippen LogP contribution in [-0.4, -0.2) is 91.9 Å². The summed E-state index contributed by atoms with van der Waals surface area (Å²) in [7, 11) is 0. The summed E-state index contributed by atoms with van der Waals surface area (Å²) < 4.78 is 27.6. The van der Waals surface area contributed by atoms with E-state index in [0.29, 0.717) is 56.2 Å². The van der Waals surface area contributed by atoms with Gasteiger partial charge in [0.2, 0.25) is 5.28 Å². The van der Waals surface area contributed by atoms with E-state index in [0.717, 1.165) is 14.5 Å². The number of rotatable bonds is 10. The molecule has 1 aliphatic carbocycles. The van der Waals surface area contributed by atoms with E-state index >= 15 is 0 Å². The molecule has 0 unspecified atom stereocenters. The lowest BCUT2D eigenvalue weighted by molar-refractivity contribution is -0.160. The smallest absolute Gasteiger partial charge is 0.410 e. The van der Waals surface area contributed by atoms with Crippen LogP contribution in [0, 0.1) is 9.49 Å². The van der Waals surface area contributed by atoms with E-state index in [-0.39, 0.29) is 35.5 Å². The molecule has 11 nitrogen and oxygen atoms in total. The minimum absolute atomic E-state index is 0.0635. The molecule has 0 N–H and O–H groups in total. The predicted octanol–water partition coefficient (Wildman–Crippen LogP) is 8.53. The number of aromatic nitrogens is 3. The van der Waals surface area contributed by atoms with Crippen LogP contribution >= 0.6 is 45.8 Å². The van der Waals surface area contributed by atoms with Gasteiger partial charge in [0, 0.05) is 41.9 Å². The Balaban J connectivity index is 1.36. The van der Waals surface area contributed by atoms with E-state index in [9.17, 15) is 9.59 Å². The fourth-order valence-corrected chi connectivity index (χ4v) is 8.08. The number of carbonyl (C=O) groups is 2. The Bertz CT molecular complexity index is 1680. The molecule has 0 spiro atoms. The van der Waals surface area contributed by atoms with E-state index in [1.54, 1.807) is 9.80 Å². The summed E-state index contributed by atoms with van der Waals surface area (Å²) in [6, 6.07) is 9.87. The van der Waals surface area contributed by atoms with Crippen molar-refractivity contribution in [1.29, 1.82) is 0 Å². The highest BCUT2D eigenvalue weighted by Crippen LogP contribution is 2.48. The van der Waals surface area contributed by atoms with Crippen molar-refractivity contribution >= 4 is 69.0 Å². The normalized spacial score (nSPS) is 21.7. The third-order valence-electron chi connectivity index (χ3n) is 8.59. The average molecular weight is 845 g/mol. The summed E-state index contributed by atoms with van der Waals surface area (Å²) in [5.74, 6) is -0.919. The van der Waals surface area contributed by atoms with Gasteiger partial charge in [-0.1, -0.05) is 41.9 Å². The molecule has 50 heavy (non-hydrogen) atoms. The van der Waals surface area contributed by atoms with Crippen molar-refractivity contribution in [3.63, 3.8) is 0 Å². The van der Waals surface area contributed by atoms with Gasteiger partial charge in [-0.3, -0.25) is 0 Å². The second-order valence-corrected chi connectivity index (χ2v) is 17.3. The van der Waals surface area contributed by atoms with Crippen LogP contribution < -0.4 is 0 Å². The van der Waals surface area contributed by atoms with Crippen LogP contribution in [0.15, 0.2) is 36.5 Å². The third-order valence-corrected chi connectivity index (χ3v) is 9.85. The monoisotopic (exact) mass is 843 g/mol. The Morgan fingerprint density at radius 1 is 0.940 bits per heavy atom. The lowest BCUT2D eigenvalue weighted by atomic mass is 10.0. The van der Waals surface area contributed by atoms with Crippen LogP contribution in [0.1, 0.15) is 79.8 Å². The minimum atomic E-state index is -0.823. The summed E-state index contributed by atoms with van der Waals surface area (Å²) in [6.45, 7) is 16.6. The molecule has 2 amide bonds. The lowest BCUT2D eigenvalue weighted by Crippen LogP contribution is -2.44. The predicted molar refractivity (Wildman–Crippen MR) is 202 cm³/mol. The summed E-state index contributed by atoms with van der Waals surface area (Å²) in [4.78, 5) is 39.2. The third kappa shape index (κ3) is 9.72. The highest BCUT2D eigenvalue weighted by molar-refractivity contribution is 14.1. The Labute approximate surface area is 318 Å². The summed E-state index contributed by atoms with van der Waals surface area (Å²) in [5.41, 5.74) is 0.425. The molecule has 14 heteroatoms. The number of carbonyl (C=O) groups excluding carboxylic acids is 2. The second-order valence-electron chi connectivity index (χ2n) is 15.5. The van der Waals surface area contributed by atoms with E-state index < -0.39 is 23.1 Å². The first-order valence-corrected chi connectivity index (χ1v) is 18.9. The SMILES string of the molecule is CC(C)(C)OC(=O)N(CCCN(C[C@H]1C[C@@H](n2cc(I)c3c(Cl)nc(Cl)nc32)[C@@H]2OC(C)(C)O[C@H]12)C(=O)OC(C)(C)C)CCc1ccccc1. The molecule has 0 bridgehead atoms. The summed E-state index contributed by atoms with van der Waals surface area (Å²) >= 11 is 15.0. The van der Waals surface area contributed by atoms with Crippen LogP contribution in [0.2, 0.25) is 10.4 Å². The van der Waals surface area contributed by atoms with Gasteiger partial charge in [-0.2, -0.15) is 4.98 Å². The molecule has 0 radical (unpaired) electrons. The molecular weight excluding hydrogens is 796 g/mol. The maximum Gasteiger partial charge on any atom is 0.410 e. The molecule has 2 fully saturated rings. The van der Waals surface area contributed by atoms with Gasteiger partial charge in [0.05, 0.1) is 17.5 Å². The second kappa shape index (κ2) is 15.3. The quantitative estimate of drug-likeness (QED) is 0.114. The molecule has 1 aromatic carbocycles. The molecule has 1 aliphatic heterocycles. The van der Waals surface area contributed by atoms with Crippen LogP contribution in [-0.2, 0) is 25.4 Å². The number of ether oxygens (including phenoxy) is 4. The first-order valence-electron chi connectivity index (χ1n) is 17.0. The molecule has 2 aliphatic rings. The van der Waals surface area contributed by atoms with Gasteiger partial charge < -0.3 is 33.3 Å². The number of nitrogens with zero attached hydrogens (tertiary/aromatic N) is 5. The van der Waals surface area contributed by atoms with Crippen molar-refractivity contribution in [2.75, 3.05) is 26.2 Å². The molecule has 1 saturated carbocycles. The van der Waals surface area contributed by atoms with Crippen molar-refractivity contribution in [3.05, 3.63) is 56.1 Å². The van der Waals surface area contributed by atoms with Crippen molar-refractivity contribution in [2.24, 2.45) is 5.92 Å². The van der Waals surface area contributed by atoms with E-state index in [1.165, 1.54) is 0 Å². The Hall–Kier alpha value is -2.39. The van der Waals surface area contributed by atoms with Crippen LogP contribution in [0.4, 0.5) is 9.59 Å². The Morgan fingerprint density at radius 2 is 1.54 bits per heavy atom. The van der Waals surface area contributed by atoms with Gasteiger partial charge in [0.1, 0.15) is 28.1 Å². The van der Waals surface area contributed by atoms with Gasteiger partial charge in [-0.25, -0.2) is 14.6 Å². The molecule has 3 aromatic rings. The number of amides is 2. The van der Waals surface area contributed by atoms with E-state index in [4.69, 9.17) is 42.1 Å². The lowest BCUT2D eigenvalue weighted by Gasteiger charge is -2.32. The Kier molecular flexibility index (Phi) is 11.9. The number of halogens is 3. The molecule has 4 atom stereocenters. The maximum absolute atomic E-state index is 13.8. The van der Waals surface area contributed by atoms with Crippen LogP contribution in [0.3, 0.4) is 0 Å². The minimum Gasteiger partial charge on any atom is -0.444 e. The molecular formula is C36H48Cl2IN5O6. The van der Waals surface area contributed by atoms with Crippen molar-refractivity contribution in [1.82, 2.24) is 24.3 Å². The summed E-state index contributed by atoms with van der Waals surface area (Å²) in [5, 5.41) is 1.08. The topological polar surface area (TPSA) is 108 Å². The molecule has 3 heterocycles. The highest BCUT2D eigenvalue weighted by Gasteiger charge is 2.55. The van der Waals surface area contributed by atoms with Crippen molar-refractivity contribution in [2.45, 2.75) is 110 Å². The molecule has 5 rings (SSSR count). The fourth-order valence-electron chi connectivity index (χ4n) is 6.65. The largest absolute Gasteiger partial charge is 0.444 e. The van der Waals surface area contributed by atoms with Gasteiger partial charge in [-0.15, -0.1) is 0 Å². The standard InChI is InChI=1S/C36H48Cl2IN5O6/c1-34(2,3)49-32(45)42(18-15-22-13-10-9-11-14-22)16-12-17-43(33(46)50-35(4,5)6)20-23-19-25(28-27(23)47-36(7,8)48-28)44-21-24(39)26-29(37)40-31(38)41-30(26)44/h9-11,13-14,21,23,25,27-28H,12,15-20H2,1-8H3/t23-,25-,27-,28+/m1/s1. The van der Waals surface area contributed by atoms with Gasteiger partial charge in [0.25, 0.3) is 0 Å². The highest BCUT2D eigenvalue weighted by atomic mass is 127. The number of hydrogen-bond donors (Lipinski definition) is 0. The van der Waals surface area contributed by atoms with Gasteiger partial charge in [-0.05, 0) is 114 Å². The fraction of sp³-hybridized carbons (Fsp3) is 0.611. The number of benzene rings is 1. The number of hydrogen-bond acceptors (Lipinski definition) is 8. The first-order chi connectivity index (χ1) is 23.3. The zero-order valence-corrected chi connectivity index (χ0v) is 33.7. The van der Waals surface area contributed by atoms with E-state index in [1.807, 2.05) is 91.9 Å². The molecule has 2 aromatic heterocycles. The maximum atomic E-state index is 13.8. The van der Waals surface area contributed by atoms with Crippen LogP contribution in [0.25, 0.3) is 11.0 Å². The Morgan fingerprint density at radius 3 is 2.18 bits per heavy atom. The van der Waals surface area contributed by atoms with Crippen molar-refractivity contribution < 1.29 is 28.5 Å². The zero-order valence-electron chi connectivity index (χ0n) is 30.0.